The quantitative estimate of drug-likeness (QED) is 0.800. The number of rotatable bonds is 2. The van der Waals surface area contributed by atoms with Gasteiger partial charge in [0.1, 0.15) is 0 Å². The zero-order chi connectivity index (χ0) is 11.4. The van der Waals surface area contributed by atoms with E-state index in [0.717, 1.165) is 31.6 Å². The van der Waals surface area contributed by atoms with Crippen molar-refractivity contribution in [2.24, 2.45) is 0 Å². The fourth-order valence-electron chi connectivity index (χ4n) is 1.82. The molecular formula is C12H16N2OS. The summed E-state index contributed by atoms with van der Waals surface area (Å²) in [5.74, 6) is 0. The largest absolute Gasteiger partial charge is 0.325 e. The summed E-state index contributed by atoms with van der Waals surface area (Å²) in [5.41, 5.74) is 0.878. The first-order chi connectivity index (χ1) is 7.79. The van der Waals surface area contributed by atoms with Crippen molar-refractivity contribution in [2.45, 2.75) is 17.7 Å². The highest BCUT2D eigenvalue weighted by Gasteiger charge is 2.17. The van der Waals surface area contributed by atoms with Crippen LogP contribution < -0.4 is 5.32 Å². The maximum absolute atomic E-state index is 11.8. The Hall–Kier alpha value is -1.16. The van der Waals surface area contributed by atoms with Gasteiger partial charge < -0.3 is 10.2 Å². The molecule has 2 rings (SSSR count). The van der Waals surface area contributed by atoms with Crippen LogP contribution in [-0.4, -0.2) is 30.3 Å². The smallest absolute Gasteiger partial charge is 0.321 e. The fourth-order valence-corrected chi connectivity index (χ4v) is 2.28. The van der Waals surface area contributed by atoms with E-state index in [2.05, 4.69) is 5.32 Å². The molecular weight excluding hydrogens is 220 g/mol. The highest BCUT2D eigenvalue weighted by molar-refractivity contribution is 7.98. The molecule has 2 amide bonds. The van der Waals surface area contributed by atoms with Crippen LogP contribution in [0.2, 0.25) is 0 Å². The van der Waals surface area contributed by atoms with Gasteiger partial charge >= 0.3 is 6.03 Å². The zero-order valence-electron chi connectivity index (χ0n) is 9.40. The Morgan fingerprint density at radius 1 is 1.38 bits per heavy atom. The molecule has 86 valence electrons. The second-order valence-corrected chi connectivity index (χ2v) is 4.74. The molecule has 0 radical (unpaired) electrons. The van der Waals surface area contributed by atoms with Gasteiger partial charge in [0.25, 0.3) is 0 Å². The minimum absolute atomic E-state index is 0.0238. The summed E-state index contributed by atoms with van der Waals surface area (Å²) < 4.78 is 0. The van der Waals surface area contributed by atoms with Crippen molar-refractivity contribution in [3.05, 3.63) is 24.3 Å². The van der Waals surface area contributed by atoms with Crippen molar-refractivity contribution < 1.29 is 4.79 Å². The lowest BCUT2D eigenvalue weighted by atomic mass is 10.3. The van der Waals surface area contributed by atoms with Crippen LogP contribution in [0.4, 0.5) is 10.5 Å². The Morgan fingerprint density at radius 3 is 2.81 bits per heavy atom. The van der Waals surface area contributed by atoms with Crippen LogP contribution in [0.25, 0.3) is 0 Å². The lowest BCUT2D eigenvalue weighted by Crippen LogP contribution is -2.32. The van der Waals surface area contributed by atoms with Gasteiger partial charge in [-0.1, -0.05) is 6.07 Å². The standard InChI is InChI=1S/C12H16N2OS/c1-16-11-6-4-5-10(9-11)13-12(15)14-7-2-3-8-14/h4-6,9H,2-3,7-8H2,1H3,(H,13,15). The Morgan fingerprint density at radius 2 is 2.12 bits per heavy atom. The minimum atomic E-state index is 0.0238. The molecule has 0 spiro atoms. The molecule has 1 heterocycles. The van der Waals surface area contributed by atoms with Crippen molar-refractivity contribution >= 4 is 23.5 Å². The predicted molar refractivity (Wildman–Crippen MR) is 68.0 cm³/mol. The summed E-state index contributed by atoms with van der Waals surface area (Å²) in [7, 11) is 0. The van der Waals surface area contributed by atoms with E-state index in [1.165, 1.54) is 4.90 Å². The predicted octanol–water partition coefficient (Wildman–Crippen LogP) is 3.04. The molecule has 0 aliphatic carbocycles. The summed E-state index contributed by atoms with van der Waals surface area (Å²) in [6, 6.07) is 7.95. The van der Waals surface area contributed by atoms with E-state index >= 15 is 0 Å². The summed E-state index contributed by atoms with van der Waals surface area (Å²) in [6.07, 6.45) is 4.28. The number of urea groups is 1. The second kappa shape index (κ2) is 5.25. The molecule has 1 aliphatic heterocycles. The van der Waals surface area contributed by atoms with Gasteiger partial charge in [0.2, 0.25) is 0 Å². The van der Waals surface area contributed by atoms with Crippen molar-refractivity contribution in [1.82, 2.24) is 4.90 Å². The molecule has 1 aromatic carbocycles. The van der Waals surface area contributed by atoms with Crippen LogP contribution in [-0.2, 0) is 0 Å². The maximum Gasteiger partial charge on any atom is 0.321 e. The van der Waals surface area contributed by atoms with Crippen LogP contribution in [0.15, 0.2) is 29.2 Å². The normalized spacial score (nSPS) is 15.2. The van der Waals surface area contributed by atoms with Gasteiger partial charge in [-0.05, 0) is 37.3 Å². The summed E-state index contributed by atoms with van der Waals surface area (Å²) in [4.78, 5) is 14.9. The third-order valence-electron chi connectivity index (χ3n) is 2.71. The van der Waals surface area contributed by atoms with Crippen molar-refractivity contribution in [1.29, 1.82) is 0 Å². The van der Waals surface area contributed by atoms with E-state index in [1.807, 2.05) is 35.4 Å². The van der Waals surface area contributed by atoms with Crippen LogP contribution in [0.3, 0.4) is 0 Å². The van der Waals surface area contributed by atoms with E-state index in [1.54, 1.807) is 11.8 Å². The number of carbonyl (C=O) groups is 1. The molecule has 1 fully saturated rings. The number of anilines is 1. The SMILES string of the molecule is CSc1cccc(NC(=O)N2CCCC2)c1. The Labute approximate surface area is 100 Å². The van der Waals surface area contributed by atoms with Gasteiger partial charge in [-0.15, -0.1) is 11.8 Å². The number of nitrogens with one attached hydrogen (secondary N) is 1. The molecule has 3 nitrogen and oxygen atoms in total. The molecule has 1 aliphatic rings. The molecule has 1 N–H and O–H groups in total. The second-order valence-electron chi connectivity index (χ2n) is 3.86. The average molecular weight is 236 g/mol. The van der Waals surface area contributed by atoms with Crippen molar-refractivity contribution in [3.63, 3.8) is 0 Å². The van der Waals surface area contributed by atoms with Gasteiger partial charge in [-0.25, -0.2) is 4.79 Å². The Kier molecular flexibility index (Phi) is 3.72. The van der Waals surface area contributed by atoms with Gasteiger partial charge in [0.05, 0.1) is 0 Å². The molecule has 0 saturated carbocycles. The van der Waals surface area contributed by atoms with E-state index in [4.69, 9.17) is 0 Å². The monoisotopic (exact) mass is 236 g/mol. The third kappa shape index (κ3) is 2.70. The first-order valence-electron chi connectivity index (χ1n) is 5.49. The van der Waals surface area contributed by atoms with Crippen molar-refractivity contribution in [2.75, 3.05) is 24.7 Å². The Bertz CT molecular complexity index is 375. The molecule has 16 heavy (non-hydrogen) atoms. The molecule has 0 atom stereocenters. The van der Waals surface area contributed by atoms with E-state index in [0.29, 0.717) is 0 Å². The number of benzene rings is 1. The van der Waals surface area contributed by atoms with E-state index in [9.17, 15) is 4.79 Å². The number of likely N-dealkylation sites (tertiary alicyclic amines) is 1. The minimum Gasteiger partial charge on any atom is -0.325 e. The lowest BCUT2D eigenvalue weighted by molar-refractivity contribution is 0.222. The van der Waals surface area contributed by atoms with Crippen LogP contribution in [0, 0.1) is 0 Å². The van der Waals surface area contributed by atoms with Gasteiger partial charge in [-0.3, -0.25) is 0 Å². The molecule has 0 bridgehead atoms. The van der Waals surface area contributed by atoms with E-state index in [-0.39, 0.29) is 6.03 Å². The van der Waals surface area contributed by atoms with Crippen LogP contribution in [0.5, 0.6) is 0 Å². The Balaban J connectivity index is 1.99. The first kappa shape index (κ1) is 11.3. The molecule has 4 heteroatoms. The molecule has 1 saturated heterocycles. The number of amides is 2. The molecule has 1 aromatic rings. The molecule has 0 unspecified atom stereocenters. The van der Waals surface area contributed by atoms with Gasteiger partial charge in [-0.2, -0.15) is 0 Å². The van der Waals surface area contributed by atoms with Gasteiger partial charge in [0.15, 0.2) is 0 Å². The number of hydrogen-bond donors (Lipinski definition) is 1. The van der Waals surface area contributed by atoms with Crippen LogP contribution >= 0.6 is 11.8 Å². The van der Waals surface area contributed by atoms with E-state index < -0.39 is 0 Å². The number of nitrogens with zero attached hydrogens (tertiary/aromatic N) is 1. The molecule has 0 aromatic heterocycles. The summed E-state index contributed by atoms with van der Waals surface area (Å²) >= 11 is 1.68. The maximum atomic E-state index is 11.8. The zero-order valence-corrected chi connectivity index (χ0v) is 10.2. The van der Waals surface area contributed by atoms with Gasteiger partial charge in [0, 0.05) is 23.7 Å². The highest BCUT2D eigenvalue weighted by atomic mass is 32.2. The average Bonchev–Trinajstić information content (AvgIpc) is 2.83. The number of carbonyl (C=O) groups excluding carboxylic acids is 1. The van der Waals surface area contributed by atoms with Crippen LogP contribution in [0.1, 0.15) is 12.8 Å². The third-order valence-corrected chi connectivity index (χ3v) is 3.44. The first-order valence-corrected chi connectivity index (χ1v) is 6.72. The topological polar surface area (TPSA) is 32.3 Å². The van der Waals surface area contributed by atoms with Crippen molar-refractivity contribution in [3.8, 4) is 0 Å². The summed E-state index contributed by atoms with van der Waals surface area (Å²) in [6.45, 7) is 1.77. The highest BCUT2D eigenvalue weighted by Crippen LogP contribution is 2.19. The summed E-state index contributed by atoms with van der Waals surface area (Å²) in [5, 5.41) is 2.93. The number of hydrogen-bond acceptors (Lipinski definition) is 2. The fraction of sp³-hybridized carbons (Fsp3) is 0.417. The number of thioether (sulfide) groups is 1. The lowest BCUT2D eigenvalue weighted by Gasteiger charge is -2.16.